The first kappa shape index (κ1) is 11.1. The van der Waals surface area contributed by atoms with E-state index in [2.05, 4.69) is 17.1 Å². The smallest absolute Gasteiger partial charge is 0.243 e. The van der Waals surface area contributed by atoms with Crippen molar-refractivity contribution in [1.29, 1.82) is 0 Å². The van der Waals surface area contributed by atoms with E-state index in [1.165, 1.54) is 0 Å². The van der Waals surface area contributed by atoms with Gasteiger partial charge in [-0.05, 0) is 13.3 Å². The number of nitrogens with two attached hydrogens (primary N) is 1. The van der Waals surface area contributed by atoms with Crippen molar-refractivity contribution in [2.24, 2.45) is 5.73 Å². The zero-order valence-corrected chi connectivity index (χ0v) is 8.69. The van der Waals surface area contributed by atoms with Crippen molar-refractivity contribution in [3.63, 3.8) is 0 Å². The first-order chi connectivity index (χ1) is 6.77. The van der Waals surface area contributed by atoms with Gasteiger partial charge in [0.2, 0.25) is 5.89 Å². The lowest BCUT2D eigenvalue weighted by molar-refractivity contribution is 0.126. The highest BCUT2D eigenvalue weighted by Gasteiger charge is 2.13. The van der Waals surface area contributed by atoms with Crippen LogP contribution >= 0.6 is 0 Å². The maximum Gasteiger partial charge on any atom is 0.243 e. The van der Waals surface area contributed by atoms with Gasteiger partial charge in [-0.2, -0.15) is 4.98 Å². The zero-order valence-electron chi connectivity index (χ0n) is 8.69. The molecule has 14 heavy (non-hydrogen) atoms. The molecule has 0 bridgehead atoms. The number of rotatable bonds is 6. The van der Waals surface area contributed by atoms with Gasteiger partial charge in [0, 0.05) is 6.61 Å². The molecular formula is C9H17N3O2. The minimum Gasteiger partial charge on any atom is -0.374 e. The highest BCUT2D eigenvalue weighted by Crippen LogP contribution is 2.13. The fourth-order valence-electron chi connectivity index (χ4n) is 1.10. The summed E-state index contributed by atoms with van der Waals surface area (Å²) in [6.45, 7) is 5.02. The van der Waals surface area contributed by atoms with Crippen molar-refractivity contribution >= 4 is 0 Å². The molecule has 1 aromatic heterocycles. The number of aromatic nitrogens is 2. The van der Waals surface area contributed by atoms with E-state index in [9.17, 15) is 0 Å². The lowest BCUT2D eigenvalue weighted by atomic mass is 10.2. The van der Waals surface area contributed by atoms with Crippen LogP contribution in [0.4, 0.5) is 0 Å². The van der Waals surface area contributed by atoms with Crippen molar-refractivity contribution in [3.8, 4) is 0 Å². The topological polar surface area (TPSA) is 74.2 Å². The van der Waals surface area contributed by atoms with E-state index in [-0.39, 0.29) is 6.04 Å². The van der Waals surface area contributed by atoms with Crippen LogP contribution in [0.2, 0.25) is 0 Å². The Balaban J connectivity index is 2.49. The Kier molecular flexibility index (Phi) is 4.55. The van der Waals surface area contributed by atoms with E-state index in [1.807, 2.05) is 6.92 Å². The van der Waals surface area contributed by atoms with Crippen LogP contribution in [0, 0.1) is 0 Å². The van der Waals surface area contributed by atoms with Crippen molar-refractivity contribution in [1.82, 2.24) is 10.1 Å². The minimum absolute atomic E-state index is 0.150. The average molecular weight is 199 g/mol. The van der Waals surface area contributed by atoms with Crippen LogP contribution < -0.4 is 5.73 Å². The Bertz CT molecular complexity index is 262. The normalized spacial score (nSPS) is 13.1. The van der Waals surface area contributed by atoms with E-state index in [0.29, 0.717) is 24.9 Å². The molecule has 0 radical (unpaired) electrons. The van der Waals surface area contributed by atoms with E-state index in [1.54, 1.807) is 0 Å². The fourth-order valence-corrected chi connectivity index (χ4v) is 1.10. The third-order valence-corrected chi connectivity index (χ3v) is 1.84. The van der Waals surface area contributed by atoms with Crippen molar-refractivity contribution in [2.75, 3.05) is 6.61 Å². The monoisotopic (exact) mass is 199 g/mol. The van der Waals surface area contributed by atoms with Crippen LogP contribution in [0.25, 0.3) is 0 Å². The van der Waals surface area contributed by atoms with Gasteiger partial charge in [0.15, 0.2) is 5.82 Å². The molecular weight excluding hydrogens is 182 g/mol. The SMILES string of the molecule is CCCC(N)c1nc(COCC)no1. The Morgan fingerprint density at radius 1 is 1.50 bits per heavy atom. The molecule has 0 aromatic carbocycles. The molecule has 1 rings (SSSR count). The molecule has 1 atom stereocenters. The predicted octanol–water partition coefficient (Wildman–Crippen LogP) is 1.41. The summed E-state index contributed by atoms with van der Waals surface area (Å²) in [5.41, 5.74) is 5.81. The molecule has 80 valence electrons. The molecule has 5 heteroatoms. The average Bonchev–Trinajstić information content (AvgIpc) is 2.63. The van der Waals surface area contributed by atoms with Gasteiger partial charge < -0.3 is 15.0 Å². The minimum atomic E-state index is -0.150. The molecule has 1 aromatic rings. The van der Waals surface area contributed by atoms with Crippen molar-refractivity contribution in [2.45, 2.75) is 39.3 Å². The van der Waals surface area contributed by atoms with E-state index in [0.717, 1.165) is 12.8 Å². The second-order valence-corrected chi connectivity index (χ2v) is 3.08. The van der Waals surface area contributed by atoms with Crippen LogP contribution in [-0.2, 0) is 11.3 Å². The molecule has 2 N–H and O–H groups in total. The van der Waals surface area contributed by atoms with Crippen LogP contribution in [0.3, 0.4) is 0 Å². The summed E-state index contributed by atoms with van der Waals surface area (Å²) in [7, 11) is 0. The van der Waals surface area contributed by atoms with Gasteiger partial charge in [0.25, 0.3) is 0 Å². The lowest BCUT2D eigenvalue weighted by Crippen LogP contribution is -2.10. The number of hydrogen-bond donors (Lipinski definition) is 1. The number of hydrogen-bond acceptors (Lipinski definition) is 5. The molecule has 1 unspecified atom stereocenters. The first-order valence-electron chi connectivity index (χ1n) is 4.93. The van der Waals surface area contributed by atoms with Crippen molar-refractivity contribution < 1.29 is 9.26 Å². The summed E-state index contributed by atoms with van der Waals surface area (Å²) in [5, 5.41) is 3.77. The highest BCUT2D eigenvalue weighted by atomic mass is 16.5. The van der Waals surface area contributed by atoms with Crippen LogP contribution in [0.5, 0.6) is 0 Å². The maximum atomic E-state index is 5.81. The molecule has 0 spiro atoms. The molecule has 0 amide bonds. The summed E-state index contributed by atoms with van der Waals surface area (Å²) < 4.78 is 10.2. The van der Waals surface area contributed by atoms with E-state index < -0.39 is 0 Å². The van der Waals surface area contributed by atoms with Crippen LogP contribution in [0.15, 0.2) is 4.52 Å². The molecule has 0 fully saturated rings. The highest BCUT2D eigenvalue weighted by molar-refractivity contribution is 4.90. The summed E-state index contributed by atoms with van der Waals surface area (Å²) in [5.74, 6) is 1.06. The number of ether oxygens (including phenoxy) is 1. The van der Waals surface area contributed by atoms with Gasteiger partial charge in [-0.3, -0.25) is 0 Å². The van der Waals surface area contributed by atoms with E-state index in [4.69, 9.17) is 15.0 Å². The first-order valence-corrected chi connectivity index (χ1v) is 4.93. The molecule has 5 nitrogen and oxygen atoms in total. The largest absolute Gasteiger partial charge is 0.374 e. The second-order valence-electron chi connectivity index (χ2n) is 3.08. The maximum absolute atomic E-state index is 5.81. The summed E-state index contributed by atoms with van der Waals surface area (Å²) >= 11 is 0. The van der Waals surface area contributed by atoms with E-state index >= 15 is 0 Å². The Morgan fingerprint density at radius 2 is 2.29 bits per heavy atom. The Morgan fingerprint density at radius 3 is 2.93 bits per heavy atom. The summed E-state index contributed by atoms with van der Waals surface area (Å²) in [6, 6.07) is -0.150. The zero-order chi connectivity index (χ0) is 10.4. The molecule has 0 aliphatic carbocycles. The third kappa shape index (κ3) is 3.08. The van der Waals surface area contributed by atoms with Gasteiger partial charge in [0.05, 0.1) is 6.04 Å². The standard InChI is InChI=1S/C9H17N3O2/c1-3-5-7(10)9-11-8(12-14-9)6-13-4-2/h7H,3-6,10H2,1-2H3. The Hall–Kier alpha value is -0.940. The molecule has 0 aliphatic rings. The molecule has 0 saturated heterocycles. The fraction of sp³-hybridized carbons (Fsp3) is 0.778. The molecule has 0 aliphatic heterocycles. The van der Waals surface area contributed by atoms with Crippen LogP contribution in [0.1, 0.15) is 44.4 Å². The van der Waals surface area contributed by atoms with Gasteiger partial charge in [-0.15, -0.1) is 0 Å². The lowest BCUT2D eigenvalue weighted by Gasteiger charge is -2.02. The molecule has 1 heterocycles. The van der Waals surface area contributed by atoms with Gasteiger partial charge >= 0.3 is 0 Å². The Labute approximate surface area is 83.6 Å². The quantitative estimate of drug-likeness (QED) is 0.749. The van der Waals surface area contributed by atoms with Gasteiger partial charge in [-0.25, -0.2) is 0 Å². The van der Waals surface area contributed by atoms with Crippen LogP contribution in [-0.4, -0.2) is 16.7 Å². The third-order valence-electron chi connectivity index (χ3n) is 1.84. The molecule has 0 saturated carbocycles. The van der Waals surface area contributed by atoms with Gasteiger partial charge in [-0.1, -0.05) is 18.5 Å². The summed E-state index contributed by atoms with van der Waals surface area (Å²) in [4.78, 5) is 4.14. The predicted molar refractivity (Wildman–Crippen MR) is 51.5 cm³/mol. The second kappa shape index (κ2) is 5.72. The van der Waals surface area contributed by atoms with Crippen molar-refractivity contribution in [3.05, 3.63) is 11.7 Å². The summed E-state index contributed by atoms with van der Waals surface area (Å²) in [6.07, 6.45) is 1.86. The number of nitrogens with zero attached hydrogens (tertiary/aromatic N) is 2. The van der Waals surface area contributed by atoms with Gasteiger partial charge in [0.1, 0.15) is 6.61 Å².